The predicted octanol–water partition coefficient (Wildman–Crippen LogP) is 4.70. The van der Waals surface area contributed by atoms with Crippen LogP contribution < -0.4 is 5.73 Å². The molecule has 2 aromatic carbocycles. The molecule has 0 aromatic heterocycles. The standard InChI is InChI=1S/C25H33NO4/c1-6-29-23(27)17(2)16-21(26)22(24(28)30-25(3,4)5)20-14-12-19(13-15-20)18-10-8-7-9-11-18/h7-15,17,21-22H,6,16,26H2,1-5H3/t17?,21?,22-/m0/s1. The molecule has 3 atom stereocenters. The molecule has 0 heterocycles. The average molecular weight is 412 g/mol. The van der Waals surface area contributed by atoms with Gasteiger partial charge in [0.25, 0.3) is 0 Å². The molecule has 5 heteroatoms. The summed E-state index contributed by atoms with van der Waals surface area (Å²) in [5.74, 6) is -1.78. The highest BCUT2D eigenvalue weighted by molar-refractivity contribution is 5.80. The summed E-state index contributed by atoms with van der Waals surface area (Å²) >= 11 is 0. The molecule has 162 valence electrons. The Balaban J connectivity index is 2.29. The first kappa shape index (κ1) is 23.6. The fourth-order valence-corrected chi connectivity index (χ4v) is 3.36. The first-order chi connectivity index (χ1) is 14.1. The van der Waals surface area contributed by atoms with Crippen LogP contribution >= 0.6 is 0 Å². The van der Waals surface area contributed by atoms with Crippen LogP contribution in [0.4, 0.5) is 0 Å². The number of hydrogen-bond donors (Lipinski definition) is 1. The molecule has 0 amide bonds. The molecular formula is C25H33NO4. The van der Waals surface area contributed by atoms with Crippen molar-refractivity contribution in [3.8, 4) is 11.1 Å². The monoisotopic (exact) mass is 411 g/mol. The van der Waals surface area contributed by atoms with E-state index >= 15 is 0 Å². The molecule has 0 radical (unpaired) electrons. The van der Waals surface area contributed by atoms with E-state index in [0.717, 1.165) is 16.7 Å². The van der Waals surface area contributed by atoms with Gasteiger partial charge in [-0.15, -0.1) is 0 Å². The molecule has 0 aliphatic carbocycles. The second kappa shape index (κ2) is 10.4. The van der Waals surface area contributed by atoms with E-state index in [2.05, 4.69) is 0 Å². The van der Waals surface area contributed by atoms with E-state index in [0.29, 0.717) is 13.0 Å². The average Bonchev–Trinajstić information content (AvgIpc) is 2.68. The summed E-state index contributed by atoms with van der Waals surface area (Å²) < 4.78 is 10.7. The maximum Gasteiger partial charge on any atom is 0.315 e. The van der Waals surface area contributed by atoms with Gasteiger partial charge in [-0.25, -0.2) is 0 Å². The Hall–Kier alpha value is -2.66. The summed E-state index contributed by atoms with van der Waals surface area (Å²) in [6.45, 7) is 9.33. The fraction of sp³-hybridized carbons (Fsp3) is 0.440. The van der Waals surface area contributed by atoms with E-state index < -0.39 is 29.4 Å². The minimum Gasteiger partial charge on any atom is -0.466 e. The topological polar surface area (TPSA) is 78.6 Å². The minimum absolute atomic E-state index is 0.310. The molecule has 0 spiro atoms. The third-order valence-electron chi connectivity index (χ3n) is 4.78. The number of esters is 2. The van der Waals surface area contributed by atoms with Gasteiger partial charge in [-0.2, -0.15) is 0 Å². The second-order valence-electron chi connectivity index (χ2n) is 8.55. The number of carbonyl (C=O) groups excluding carboxylic acids is 2. The van der Waals surface area contributed by atoms with Gasteiger partial charge in [-0.05, 0) is 50.8 Å². The Morgan fingerprint density at radius 1 is 0.933 bits per heavy atom. The van der Waals surface area contributed by atoms with Crippen LogP contribution in [0, 0.1) is 5.92 Å². The van der Waals surface area contributed by atoms with Gasteiger partial charge in [0, 0.05) is 6.04 Å². The van der Waals surface area contributed by atoms with Crippen molar-refractivity contribution in [2.75, 3.05) is 6.61 Å². The lowest BCUT2D eigenvalue weighted by molar-refractivity contribution is -0.158. The molecule has 0 saturated carbocycles. The Bertz CT molecular complexity index is 824. The van der Waals surface area contributed by atoms with E-state index in [9.17, 15) is 9.59 Å². The summed E-state index contributed by atoms with van der Waals surface area (Å²) in [6.07, 6.45) is 0.323. The third kappa shape index (κ3) is 6.70. The number of ether oxygens (including phenoxy) is 2. The van der Waals surface area contributed by atoms with Crippen molar-refractivity contribution in [2.24, 2.45) is 11.7 Å². The number of carbonyl (C=O) groups is 2. The van der Waals surface area contributed by atoms with E-state index in [1.54, 1.807) is 13.8 Å². The lowest BCUT2D eigenvalue weighted by atomic mass is 9.85. The first-order valence-electron chi connectivity index (χ1n) is 10.4. The highest BCUT2D eigenvalue weighted by Gasteiger charge is 2.33. The van der Waals surface area contributed by atoms with Gasteiger partial charge in [0.2, 0.25) is 0 Å². The summed E-state index contributed by atoms with van der Waals surface area (Å²) in [4.78, 5) is 25.1. The molecule has 0 saturated heterocycles. The van der Waals surface area contributed by atoms with Gasteiger partial charge >= 0.3 is 11.9 Å². The van der Waals surface area contributed by atoms with Crippen molar-refractivity contribution in [1.29, 1.82) is 0 Å². The highest BCUT2D eigenvalue weighted by atomic mass is 16.6. The van der Waals surface area contributed by atoms with Crippen LogP contribution in [0.25, 0.3) is 11.1 Å². The van der Waals surface area contributed by atoms with Gasteiger partial charge in [-0.3, -0.25) is 9.59 Å². The van der Waals surface area contributed by atoms with Crippen LogP contribution in [0.1, 0.15) is 52.5 Å². The van der Waals surface area contributed by atoms with E-state index in [1.807, 2.05) is 75.4 Å². The molecule has 2 unspecified atom stereocenters. The van der Waals surface area contributed by atoms with Crippen molar-refractivity contribution < 1.29 is 19.1 Å². The maximum absolute atomic E-state index is 13.0. The molecule has 0 bridgehead atoms. The number of nitrogens with two attached hydrogens (primary N) is 1. The van der Waals surface area contributed by atoms with Crippen molar-refractivity contribution in [2.45, 2.75) is 58.6 Å². The SMILES string of the molecule is CCOC(=O)C(C)CC(N)[C@@H](C(=O)OC(C)(C)C)c1ccc(-c2ccccc2)cc1. The largest absolute Gasteiger partial charge is 0.466 e. The summed E-state index contributed by atoms with van der Waals surface area (Å²) in [5, 5.41) is 0. The normalized spacial score (nSPS) is 14.5. The van der Waals surface area contributed by atoms with Crippen molar-refractivity contribution in [1.82, 2.24) is 0 Å². The molecule has 30 heavy (non-hydrogen) atoms. The zero-order valence-electron chi connectivity index (χ0n) is 18.6. The summed E-state index contributed by atoms with van der Waals surface area (Å²) in [7, 11) is 0. The molecule has 0 aliphatic rings. The molecule has 0 fully saturated rings. The minimum atomic E-state index is -0.675. The Labute approximate surface area is 179 Å². The summed E-state index contributed by atoms with van der Waals surface area (Å²) in [5.41, 5.74) is 8.73. The van der Waals surface area contributed by atoms with E-state index in [-0.39, 0.29) is 5.97 Å². The van der Waals surface area contributed by atoms with Crippen LogP contribution in [0.3, 0.4) is 0 Å². The van der Waals surface area contributed by atoms with Crippen LogP contribution in [0.5, 0.6) is 0 Å². The molecule has 2 N–H and O–H groups in total. The van der Waals surface area contributed by atoms with Crippen molar-refractivity contribution in [3.63, 3.8) is 0 Å². The van der Waals surface area contributed by atoms with Gasteiger partial charge in [-0.1, -0.05) is 61.5 Å². The van der Waals surface area contributed by atoms with Crippen LogP contribution in [0.2, 0.25) is 0 Å². The van der Waals surface area contributed by atoms with Crippen LogP contribution in [-0.4, -0.2) is 30.2 Å². The molecular weight excluding hydrogens is 378 g/mol. The van der Waals surface area contributed by atoms with E-state index in [4.69, 9.17) is 15.2 Å². The number of benzene rings is 2. The van der Waals surface area contributed by atoms with Gasteiger partial charge in [0.05, 0.1) is 18.4 Å². The Kier molecular flexibility index (Phi) is 8.18. The zero-order valence-corrected chi connectivity index (χ0v) is 18.6. The molecule has 5 nitrogen and oxygen atoms in total. The molecule has 0 aliphatic heterocycles. The number of rotatable bonds is 8. The molecule has 2 rings (SSSR count). The van der Waals surface area contributed by atoms with Gasteiger partial charge in [0.15, 0.2) is 0 Å². The predicted molar refractivity (Wildman–Crippen MR) is 119 cm³/mol. The Morgan fingerprint density at radius 3 is 2.03 bits per heavy atom. The quantitative estimate of drug-likeness (QED) is 0.637. The number of hydrogen-bond acceptors (Lipinski definition) is 5. The van der Waals surface area contributed by atoms with Crippen LogP contribution in [0.15, 0.2) is 54.6 Å². The zero-order chi connectivity index (χ0) is 22.3. The van der Waals surface area contributed by atoms with Crippen molar-refractivity contribution >= 4 is 11.9 Å². The second-order valence-corrected chi connectivity index (χ2v) is 8.55. The van der Waals surface area contributed by atoms with E-state index in [1.165, 1.54) is 0 Å². The molecule has 2 aromatic rings. The first-order valence-corrected chi connectivity index (χ1v) is 10.4. The third-order valence-corrected chi connectivity index (χ3v) is 4.78. The maximum atomic E-state index is 13.0. The summed E-state index contributed by atoms with van der Waals surface area (Å²) in [6, 6.07) is 17.2. The Morgan fingerprint density at radius 2 is 1.50 bits per heavy atom. The highest BCUT2D eigenvalue weighted by Crippen LogP contribution is 2.29. The fourth-order valence-electron chi connectivity index (χ4n) is 3.36. The smallest absolute Gasteiger partial charge is 0.315 e. The lowest BCUT2D eigenvalue weighted by Crippen LogP contribution is -2.39. The lowest BCUT2D eigenvalue weighted by Gasteiger charge is -2.28. The van der Waals surface area contributed by atoms with Gasteiger partial charge < -0.3 is 15.2 Å². The van der Waals surface area contributed by atoms with Crippen molar-refractivity contribution in [3.05, 3.63) is 60.2 Å². The van der Waals surface area contributed by atoms with Crippen LogP contribution in [-0.2, 0) is 19.1 Å². The van der Waals surface area contributed by atoms with Gasteiger partial charge in [0.1, 0.15) is 5.60 Å².